The number of hydrogen-bond acceptors (Lipinski definition) is 4. The van der Waals surface area contributed by atoms with Crippen molar-refractivity contribution in [3.05, 3.63) is 58.7 Å². The first-order chi connectivity index (χ1) is 13.2. The molecule has 2 rings (SSSR count). The number of rotatable bonds is 7. The Balaban J connectivity index is 1.98. The maximum absolute atomic E-state index is 12.3. The summed E-state index contributed by atoms with van der Waals surface area (Å²) in [6, 6.07) is 11.7. The number of esters is 2. The molecule has 0 amide bonds. The van der Waals surface area contributed by atoms with E-state index in [1.807, 2.05) is 77.9 Å². The summed E-state index contributed by atoms with van der Waals surface area (Å²) in [6.45, 7) is 12.1. The topological polar surface area (TPSA) is 52.6 Å². The average molecular weight is 383 g/mol. The molecule has 0 aromatic heterocycles. The summed E-state index contributed by atoms with van der Waals surface area (Å²) in [6.07, 6.45) is -0.0414. The van der Waals surface area contributed by atoms with Crippen molar-refractivity contribution in [3.8, 4) is 11.5 Å². The van der Waals surface area contributed by atoms with Gasteiger partial charge in [-0.2, -0.15) is 0 Å². The zero-order chi connectivity index (χ0) is 20.8. The zero-order valence-electron chi connectivity index (χ0n) is 17.7. The molecule has 0 N–H and O–H groups in total. The van der Waals surface area contributed by atoms with Crippen molar-refractivity contribution in [2.45, 2.75) is 66.2 Å². The summed E-state index contributed by atoms with van der Waals surface area (Å²) in [7, 11) is 0. The fraction of sp³-hybridized carbons (Fsp3) is 0.417. The van der Waals surface area contributed by atoms with Crippen LogP contribution in [0.5, 0.6) is 11.5 Å². The molecular weight excluding hydrogens is 352 g/mol. The number of benzene rings is 2. The Morgan fingerprint density at radius 3 is 1.39 bits per heavy atom. The molecule has 0 aliphatic heterocycles. The van der Waals surface area contributed by atoms with Gasteiger partial charge in [0.2, 0.25) is 0 Å². The summed E-state index contributed by atoms with van der Waals surface area (Å²) < 4.78 is 11.0. The van der Waals surface area contributed by atoms with E-state index in [1.165, 1.54) is 0 Å². The van der Waals surface area contributed by atoms with Gasteiger partial charge in [-0.15, -0.1) is 0 Å². The van der Waals surface area contributed by atoms with E-state index in [9.17, 15) is 9.59 Å². The molecule has 28 heavy (non-hydrogen) atoms. The van der Waals surface area contributed by atoms with Gasteiger partial charge in [-0.3, -0.25) is 9.59 Å². The van der Waals surface area contributed by atoms with Gasteiger partial charge in [-0.1, -0.05) is 52.0 Å². The third-order valence-electron chi connectivity index (χ3n) is 4.56. The van der Waals surface area contributed by atoms with Crippen LogP contribution in [0.1, 0.15) is 74.6 Å². The monoisotopic (exact) mass is 382 g/mol. The molecule has 0 aliphatic carbocycles. The molecule has 0 aliphatic rings. The summed E-state index contributed by atoms with van der Waals surface area (Å²) in [5.41, 5.74) is 3.99. The standard InChI is InChI=1S/C24H30O4/c1-15(2)19-9-7-17(5)13-21(19)27-23(25)11-12-24(26)28-22-14-18(6)8-10-20(22)16(3)4/h7-10,13-16H,11-12H2,1-6H3. The zero-order valence-corrected chi connectivity index (χ0v) is 17.7. The van der Waals surface area contributed by atoms with Crippen molar-refractivity contribution in [2.24, 2.45) is 0 Å². The second kappa shape index (κ2) is 9.54. The van der Waals surface area contributed by atoms with Crippen molar-refractivity contribution in [2.75, 3.05) is 0 Å². The summed E-state index contributed by atoms with van der Waals surface area (Å²) in [5, 5.41) is 0. The van der Waals surface area contributed by atoms with Gasteiger partial charge in [-0.05, 0) is 60.1 Å². The average Bonchev–Trinajstić information content (AvgIpc) is 2.59. The maximum Gasteiger partial charge on any atom is 0.311 e. The first-order valence-electron chi connectivity index (χ1n) is 9.79. The molecular formula is C24H30O4. The van der Waals surface area contributed by atoms with Gasteiger partial charge < -0.3 is 9.47 Å². The van der Waals surface area contributed by atoms with E-state index in [-0.39, 0.29) is 24.7 Å². The first-order valence-corrected chi connectivity index (χ1v) is 9.79. The highest BCUT2D eigenvalue weighted by atomic mass is 16.5. The van der Waals surface area contributed by atoms with Crippen molar-refractivity contribution in [3.63, 3.8) is 0 Å². The molecule has 0 fully saturated rings. The Morgan fingerprint density at radius 1 is 0.714 bits per heavy atom. The molecule has 0 saturated carbocycles. The predicted octanol–water partition coefficient (Wildman–Crippen LogP) is 5.84. The van der Waals surface area contributed by atoms with Crippen LogP contribution in [0.25, 0.3) is 0 Å². The lowest BCUT2D eigenvalue weighted by Gasteiger charge is -2.14. The van der Waals surface area contributed by atoms with Crippen LogP contribution in [0.2, 0.25) is 0 Å². The van der Waals surface area contributed by atoms with Crippen molar-refractivity contribution in [1.29, 1.82) is 0 Å². The molecule has 0 radical (unpaired) electrons. The van der Waals surface area contributed by atoms with Crippen LogP contribution in [0.15, 0.2) is 36.4 Å². The molecule has 2 aromatic carbocycles. The smallest absolute Gasteiger partial charge is 0.311 e. The second-order valence-corrected chi connectivity index (χ2v) is 7.84. The Morgan fingerprint density at radius 2 is 1.07 bits per heavy atom. The fourth-order valence-corrected chi connectivity index (χ4v) is 2.97. The van der Waals surface area contributed by atoms with Gasteiger partial charge >= 0.3 is 11.9 Å². The fourth-order valence-electron chi connectivity index (χ4n) is 2.97. The number of aryl methyl sites for hydroxylation is 2. The quantitative estimate of drug-likeness (QED) is 0.446. The molecule has 0 heterocycles. The van der Waals surface area contributed by atoms with Gasteiger partial charge in [0.25, 0.3) is 0 Å². The number of hydrogen-bond donors (Lipinski definition) is 0. The SMILES string of the molecule is Cc1ccc(C(C)C)c(OC(=O)CCC(=O)Oc2cc(C)ccc2C(C)C)c1. The molecule has 150 valence electrons. The minimum absolute atomic E-state index is 0.0207. The van der Waals surface area contributed by atoms with E-state index in [4.69, 9.17) is 9.47 Å². The summed E-state index contributed by atoms with van der Waals surface area (Å²) >= 11 is 0. The lowest BCUT2D eigenvalue weighted by atomic mass is 10.0. The van der Waals surface area contributed by atoms with E-state index in [2.05, 4.69) is 0 Å². The minimum atomic E-state index is -0.433. The van der Waals surface area contributed by atoms with Gasteiger partial charge in [-0.25, -0.2) is 0 Å². The Kier molecular flexibility index (Phi) is 7.38. The Hall–Kier alpha value is -2.62. The van der Waals surface area contributed by atoms with E-state index in [0.29, 0.717) is 11.5 Å². The number of carbonyl (C=O) groups is 2. The highest BCUT2D eigenvalue weighted by molar-refractivity contribution is 5.80. The van der Waals surface area contributed by atoms with Gasteiger partial charge in [0.1, 0.15) is 11.5 Å². The molecule has 4 heteroatoms. The molecule has 0 unspecified atom stereocenters. The molecule has 0 saturated heterocycles. The lowest BCUT2D eigenvalue weighted by molar-refractivity contribution is -0.140. The van der Waals surface area contributed by atoms with E-state index in [0.717, 1.165) is 22.3 Å². The largest absolute Gasteiger partial charge is 0.426 e. The van der Waals surface area contributed by atoms with E-state index in [1.54, 1.807) is 0 Å². The molecule has 0 atom stereocenters. The van der Waals surface area contributed by atoms with Gasteiger partial charge in [0, 0.05) is 0 Å². The van der Waals surface area contributed by atoms with Gasteiger partial charge in [0.15, 0.2) is 0 Å². The summed E-state index contributed by atoms with van der Waals surface area (Å²) in [5.74, 6) is 0.743. The van der Waals surface area contributed by atoms with Crippen LogP contribution >= 0.6 is 0 Å². The number of carbonyl (C=O) groups excluding carboxylic acids is 2. The predicted molar refractivity (Wildman–Crippen MR) is 111 cm³/mol. The van der Waals surface area contributed by atoms with Crippen LogP contribution < -0.4 is 9.47 Å². The van der Waals surface area contributed by atoms with Crippen molar-refractivity contribution in [1.82, 2.24) is 0 Å². The minimum Gasteiger partial charge on any atom is -0.426 e. The highest BCUT2D eigenvalue weighted by Gasteiger charge is 2.16. The van der Waals surface area contributed by atoms with Gasteiger partial charge in [0.05, 0.1) is 12.8 Å². The van der Waals surface area contributed by atoms with Crippen molar-refractivity contribution >= 4 is 11.9 Å². The molecule has 0 spiro atoms. The van der Waals surface area contributed by atoms with Crippen LogP contribution in [-0.2, 0) is 9.59 Å². The highest BCUT2D eigenvalue weighted by Crippen LogP contribution is 2.29. The maximum atomic E-state index is 12.3. The molecule has 4 nitrogen and oxygen atoms in total. The normalized spacial score (nSPS) is 11.0. The third kappa shape index (κ3) is 5.95. The first kappa shape index (κ1) is 21.7. The lowest BCUT2D eigenvalue weighted by Crippen LogP contribution is -2.15. The third-order valence-corrected chi connectivity index (χ3v) is 4.56. The number of ether oxygens (including phenoxy) is 2. The van der Waals surface area contributed by atoms with E-state index >= 15 is 0 Å². The summed E-state index contributed by atoms with van der Waals surface area (Å²) in [4.78, 5) is 24.5. The molecule has 0 bridgehead atoms. The van der Waals surface area contributed by atoms with Crippen LogP contribution in [0.3, 0.4) is 0 Å². The van der Waals surface area contributed by atoms with Crippen LogP contribution in [0, 0.1) is 13.8 Å². The Labute approximate surface area is 167 Å². The van der Waals surface area contributed by atoms with Crippen LogP contribution in [-0.4, -0.2) is 11.9 Å². The second-order valence-electron chi connectivity index (χ2n) is 7.84. The molecule has 2 aromatic rings. The van der Waals surface area contributed by atoms with Crippen LogP contribution in [0.4, 0.5) is 0 Å². The van der Waals surface area contributed by atoms with Crippen molar-refractivity contribution < 1.29 is 19.1 Å². The Bertz CT molecular complexity index is 778. The van der Waals surface area contributed by atoms with E-state index < -0.39 is 11.9 Å².